The number of carbonyl (C=O) groups is 8. The van der Waals surface area contributed by atoms with E-state index >= 15 is 0 Å². The summed E-state index contributed by atoms with van der Waals surface area (Å²) in [7, 11) is 0. The Morgan fingerprint density at radius 3 is 1.70 bits per heavy atom. The van der Waals surface area contributed by atoms with E-state index < -0.39 is 71.9 Å². The summed E-state index contributed by atoms with van der Waals surface area (Å²) in [6.45, 7) is 4.03. The van der Waals surface area contributed by atoms with Crippen LogP contribution in [0.15, 0.2) is 5.16 Å². The molecule has 18 nitrogen and oxygen atoms in total. The molecule has 0 fully saturated rings. The predicted molar refractivity (Wildman–Crippen MR) is 160 cm³/mol. The molecule has 0 saturated heterocycles. The van der Waals surface area contributed by atoms with E-state index in [4.69, 9.17) is 11.5 Å². The fraction of sp³-hybridized carbons (Fsp3) is 0.640. The smallest absolute Gasteiger partial charge is 0.260 e. The maximum absolute atomic E-state index is 13.2. The van der Waals surface area contributed by atoms with Crippen molar-refractivity contribution in [3.05, 3.63) is 0 Å². The summed E-state index contributed by atoms with van der Waals surface area (Å²) in [6, 6.07) is -3.64. The molecule has 0 aromatic heterocycles. The SMILES string of the molecule is C=NOCC(=O)NCCNC(=O)CNC(=O)[C@H](CCSC)NC(=O)[C@H](CCC(N)=O)NC(=O)[C@H](CCC(N)=O)NC(=O)CC. The van der Waals surface area contributed by atoms with Crippen LogP contribution in [0.3, 0.4) is 0 Å². The van der Waals surface area contributed by atoms with Gasteiger partial charge in [0, 0.05) is 39.1 Å². The highest BCUT2D eigenvalue weighted by atomic mass is 32.2. The number of carbonyl (C=O) groups excluding carboxylic acids is 8. The second kappa shape index (κ2) is 23.1. The normalized spacial score (nSPS) is 12.3. The number of nitrogens with zero attached hydrogens (tertiary/aromatic N) is 1. The Bertz CT molecular complexity index is 1030. The molecular weight excluding hydrogens is 602 g/mol. The summed E-state index contributed by atoms with van der Waals surface area (Å²) in [4.78, 5) is 102. The predicted octanol–water partition coefficient (Wildman–Crippen LogP) is -3.88. The third kappa shape index (κ3) is 18.9. The molecule has 0 aliphatic rings. The molecule has 0 spiro atoms. The van der Waals surface area contributed by atoms with Crippen molar-refractivity contribution in [2.75, 3.05) is 38.2 Å². The van der Waals surface area contributed by atoms with Crippen LogP contribution in [0.2, 0.25) is 0 Å². The first kappa shape index (κ1) is 39.6. The minimum atomic E-state index is -1.33. The van der Waals surface area contributed by atoms with Crippen LogP contribution in [-0.2, 0) is 43.2 Å². The molecule has 0 rings (SSSR count). The zero-order valence-corrected chi connectivity index (χ0v) is 25.7. The fourth-order valence-corrected chi connectivity index (χ4v) is 3.84. The van der Waals surface area contributed by atoms with Crippen LogP contribution in [0.1, 0.15) is 45.4 Å². The van der Waals surface area contributed by atoms with Gasteiger partial charge in [0.05, 0.1) is 6.54 Å². The Hall–Kier alpha value is -4.42. The van der Waals surface area contributed by atoms with Gasteiger partial charge < -0.3 is 48.2 Å². The van der Waals surface area contributed by atoms with Gasteiger partial charge in [-0.15, -0.1) is 5.16 Å². The van der Waals surface area contributed by atoms with Gasteiger partial charge in [0.15, 0.2) is 6.61 Å². The molecule has 8 amide bonds. The van der Waals surface area contributed by atoms with Crippen molar-refractivity contribution in [1.82, 2.24) is 31.9 Å². The maximum atomic E-state index is 13.2. The second-order valence-electron chi connectivity index (χ2n) is 9.21. The number of thioether (sulfide) groups is 1. The number of amides is 8. The molecule has 0 aromatic carbocycles. The van der Waals surface area contributed by atoms with Crippen molar-refractivity contribution >= 4 is 65.7 Å². The van der Waals surface area contributed by atoms with Crippen molar-refractivity contribution in [2.45, 2.75) is 63.6 Å². The van der Waals surface area contributed by atoms with Crippen molar-refractivity contribution in [3.63, 3.8) is 0 Å². The maximum Gasteiger partial charge on any atom is 0.260 e. The van der Waals surface area contributed by atoms with Gasteiger partial charge in [-0.05, 0) is 31.3 Å². The number of nitrogens with two attached hydrogens (primary N) is 2. The van der Waals surface area contributed by atoms with Gasteiger partial charge in [-0.2, -0.15) is 11.8 Å². The topological polar surface area (TPSA) is 282 Å². The van der Waals surface area contributed by atoms with Crippen LogP contribution < -0.4 is 43.4 Å². The number of hydrogen-bond donors (Lipinski definition) is 8. The molecule has 0 unspecified atom stereocenters. The van der Waals surface area contributed by atoms with Crippen LogP contribution in [-0.4, -0.2) is 110 Å². The van der Waals surface area contributed by atoms with E-state index in [0.717, 1.165) is 0 Å². The van der Waals surface area contributed by atoms with E-state index in [9.17, 15) is 38.4 Å². The molecule has 0 aliphatic heterocycles. The lowest BCUT2D eigenvalue weighted by Crippen LogP contribution is -2.57. The quantitative estimate of drug-likeness (QED) is 0.0287. The minimum absolute atomic E-state index is 0.0518. The first-order valence-electron chi connectivity index (χ1n) is 13.7. The summed E-state index contributed by atoms with van der Waals surface area (Å²) in [5.74, 6) is -4.80. The van der Waals surface area contributed by atoms with Crippen molar-refractivity contribution < 1.29 is 43.2 Å². The Morgan fingerprint density at radius 1 is 0.727 bits per heavy atom. The molecule has 0 saturated carbocycles. The van der Waals surface area contributed by atoms with Crippen LogP contribution in [0.5, 0.6) is 0 Å². The lowest BCUT2D eigenvalue weighted by Gasteiger charge is -2.25. The number of rotatable bonds is 24. The van der Waals surface area contributed by atoms with Crippen molar-refractivity contribution in [1.29, 1.82) is 0 Å². The standard InChI is InChI=1S/C25H43N9O9S/c1-4-20(37)32-15(5-7-18(26)35)24(41)33-16(6-8-19(27)36)25(42)34-17(9-12-44-3)23(40)31-13-21(38)29-10-11-30-22(39)14-43-28-2/h15-17H,2,4-14H2,1,3H3,(H2,26,35)(H2,27,36)(H,29,38)(H,30,39)(H,31,40)(H,32,37)(H,33,41)(H,34,42)/t15-,16-,17-/m0/s1. The lowest BCUT2D eigenvalue weighted by atomic mass is 10.1. The average molecular weight is 646 g/mol. The highest BCUT2D eigenvalue weighted by molar-refractivity contribution is 7.98. The zero-order valence-electron chi connectivity index (χ0n) is 24.9. The number of nitrogens with one attached hydrogen (secondary N) is 6. The van der Waals surface area contributed by atoms with Gasteiger partial charge in [0.1, 0.15) is 18.1 Å². The second-order valence-corrected chi connectivity index (χ2v) is 10.2. The average Bonchev–Trinajstić information content (AvgIpc) is 2.98. The van der Waals surface area contributed by atoms with Gasteiger partial charge in [-0.3, -0.25) is 38.4 Å². The molecule has 0 radical (unpaired) electrons. The number of primary amides is 2. The molecule has 0 heterocycles. The Kier molecular flexibility index (Phi) is 20.8. The third-order valence-electron chi connectivity index (χ3n) is 5.69. The van der Waals surface area contributed by atoms with Crippen molar-refractivity contribution in [3.8, 4) is 0 Å². The fourth-order valence-electron chi connectivity index (χ4n) is 3.37. The molecule has 248 valence electrons. The molecule has 0 bridgehead atoms. The monoisotopic (exact) mass is 645 g/mol. The van der Waals surface area contributed by atoms with Gasteiger partial charge >= 0.3 is 0 Å². The van der Waals surface area contributed by atoms with E-state index in [1.807, 2.05) is 0 Å². The van der Waals surface area contributed by atoms with E-state index in [2.05, 4.69) is 48.6 Å². The first-order chi connectivity index (χ1) is 20.8. The Balaban J connectivity index is 5.36. The molecule has 3 atom stereocenters. The van der Waals surface area contributed by atoms with E-state index in [1.54, 1.807) is 13.2 Å². The number of hydrogen-bond acceptors (Lipinski definition) is 11. The van der Waals surface area contributed by atoms with Crippen LogP contribution in [0.4, 0.5) is 0 Å². The van der Waals surface area contributed by atoms with Crippen LogP contribution >= 0.6 is 11.8 Å². The Morgan fingerprint density at radius 2 is 1.23 bits per heavy atom. The third-order valence-corrected chi connectivity index (χ3v) is 6.33. The largest absolute Gasteiger partial charge is 0.386 e. The van der Waals surface area contributed by atoms with Crippen LogP contribution in [0, 0.1) is 0 Å². The lowest BCUT2D eigenvalue weighted by molar-refractivity contribution is -0.134. The summed E-state index contributed by atoms with van der Waals surface area (Å²) in [5, 5.41) is 17.9. The first-order valence-corrected chi connectivity index (χ1v) is 15.1. The van der Waals surface area contributed by atoms with Crippen LogP contribution in [0.25, 0.3) is 0 Å². The Labute approximate surface area is 259 Å². The van der Waals surface area contributed by atoms with Crippen molar-refractivity contribution in [2.24, 2.45) is 16.6 Å². The van der Waals surface area contributed by atoms with Gasteiger partial charge in [-0.1, -0.05) is 6.92 Å². The molecule has 10 N–H and O–H groups in total. The molecule has 0 aromatic rings. The minimum Gasteiger partial charge on any atom is -0.386 e. The van der Waals surface area contributed by atoms with E-state index in [0.29, 0.717) is 5.75 Å². The summed E-state index contributed by atoms with van der Waals surface area (Å²) in [6.07, 6.45) is 1.15. The van der Waals surface area contributed by atoms with E-state index in [1.165, 1.54) is 11.8 Å². The molecule has 19 heteroatoms. The molecular formula is C25H43N9O9S. The van der Waals surface area contributed by atoms with Gasteiger partial charge in [0.2, 0.25) is 41.4 Å². The molecule has 0 aliphatic carbocycles. The zero-order chi connectivity index (χ0) is 33.5. The summed E-state index contributed by atoms with van der Waals surface area (Å²) >= 11 is 1.40. The summed E-state index contributed by atoms with van der Waals surface area (Å²) in [5.41, 5.74) is 10.4. The van der Waals surface area contributed by atoms with E-state index in [-0.39, 0.29) is 58.2 Å². The highest BCUT2D eigenvalue weighted by Gasteiger charge is 2.30. The van der Waals surface area contributed by atoms with Gasteiger partial charge in [-0.25, -0.2) is 0 Å². The summed E-state index contributed by atoms with van der Waals surface area (Å²) < 4.78 is 0. The van der Waals surface area contributed by atoms with Gasteiger partial charge in [0.25, 0.3) is 5.91 Å². The highest BCUT2D eigenvalue weighted by Crippen LogP contribution is 2.06. The molecule has 44 heavy (non-hydrogen) atoms. The number of oxime groups is 1.